The van der Waals surface area contributed by atoms with Gasteiger partial charge in [0, 0.05) is 35.6 Å². The number of halogens is 1. The van der Waals surface area contributed by atoms with Crippen LogP contribution in [0.2, 0.25) is 0 Å². The quantitative estimate of drug-likeness (QED) is 0.412. The zero-order valence-electron chi connectivity index (χ0n) is 18.2. The molecule has 0 bridgehead atoms. The number of likely N-dealkylation sites (N-methyl/N-ethyl adjacent to an activating group) is 1. The van der Waals surface area contributed by atoms with Crippen molar-refractivity contribution in [3.05, 3.63) is 78.4 Å². The van der Waals surface area contributed by atoms with E-state index in [9.17, 15) is 14.3 Å². The minimum atomic E-state index is -1.13. The molecule has 4 aromatic rings. The molecule has 0 spiro atoms. The van der Waals surface area contributed by atoms with E-state index in [4.69, 9.17) is 9.72 Å². The van der Waals surface area contributed by atoms with E-state index in [2.05, 4.69) is 9.97 Å². The van der Waals surface area contributed by atoms with E-state index in [0.717, 1.165) is 29.5 Å². The van der Waals surface area contributed by atoms with Gasteiger partial charge in [0.05, 0.1) is 17.0 Å². The van der Waals surface area contributed by atoms with Crippen molar-refractivity contribution in [2.24, 2.45) is 0 Å². The zero-order valence-corrected chi connectivity index (χ0v) is 18.2. The predicted molar refractivity (Wildman–Crippen MR) is 124 cm³/mol. The molecule has 2 heterocycles. The minimum Gasteiger partial charge on any atom is -0.492 e. The Hall–Kier alpha value is -4.04. The number of nitrogens with zero attached hydrogens (tertiary/aromatic N) is 3. The van der Waals surface area contributed by atoms with E-state index in [1.165, 1.54) is 12.1 Å². The van der Waals surface area contributed by atoms with Crippen LogP contribution in [0, 0.1) is 5.82 Å². The maximum absolute atomic E-state index is 14.8. The number of pyridine rings is 1. The molecule has 2 aromatic carbocycles. The summed E-state index contributed by atoms with van der Waals surface area (Å²) >= 11 is 0. The summed E-state index contributed by atoms with van der Waals surface area (Å²) in [7, 11) is 3.96. The molecule has 0 fully saturated rings. The second-order valence-electron chi connectivity index (χ2n) is 7.72. The SMILES string of the molecule is CN(C)CCOc1ccc(-c2nc(-c3ccncc3)c(-c3cc(C(=O)O)ccc3F)[nH]2)cc1. The molecule has 0 radical (unpaired) electrons. The standard InChI is InChI=1S/C25H23FN4O3/c1-30(2)13-14-33-19-6-3-17(4-7-19)24-28-22(16-9-11-27-12-10-16)23(29-24)20-15-18(25(31)32)5-8-21(20)26/h3-12,15H,13-14H2,1-2H3,(H,28,29)(H,31,32). The summed E-state index contributed by atoms with van der Waals surface area (Å²) in [5.74, 6) is -0.417. The number of nitrogens with one attached hydrogen (secondary N) is 1. The highest BCUT2D eigenvalue weighted by Gasteiger charge is 2.19. The monoisotopic (exact) mass is 446 g/mol. The van der Waals surface area contributed by atoms with E-state index >= 15 is 0 Å². The van der Waals surface area contributed by atoms with Gasteiger partial charge in [-0.2, -0.15) is 0 Å². The first-order valence-corrected chi connectivity index (χ1v) is 10.3. The molecule has 2 aromatic heterocycles. The van der Waals surface area contributed by atoms with Crippen molar-refractivity contribution in [2.75, 3.05) is 27.2 Å². The van der Waals surface area contributed by atoms with Crippen molar-refractivity contribution in [2.45, 2.75) is 0 Å². The molecule has 0 saturated carbocycles. The van der Waals surface area contributed by atoms with Crippen LogP contribution in [-0.2, 0) is 0 Å². The van der Waals surface area contributed by atoms with Crippen molar-refractivity contribution >= 4 is 5.97 Å². The van der Waals surface area contributed by atoms with Crippen LogP contribution < -0.4 is 4.74 Å². The summed E-state index contributed by atoms with van der Waals surface area (Å²) < 4.78 is 20.5. The number of H-pyrrole nitrogens is 1. The van der Waals surface area contributed by atoms with Gasteiger partial charge in [-0.3, -0.25) is 4.98 Å². The molecule has 2 N–H and O–H groups in total. The van der Waals surface area contributed by atoms with E-state index in [-0.39, 0.29) is 11.1 Å². The number of imidazole rings is 1. The fourth-order valence-corrected chi connectivity index (χ4v) is 3.33. The molecule has 0 aliphatic carbocycles. The summed E-state index contributed by atoms with van der Waals surface area (Å²) in [5, 5.41) is 9.36. The first-order chi connectivity index (χ1) is 15.9. The molecule has 33 heavy (non-hydrogen) atoms. The highest BCUT2D eigenvalue weighted by Crippen LogP contribution is 2.35. The van der Waals surface area contributed by atoms with Crippen LogP contribution in [0.3, 0.4) is 0 Å². The number of aromatic amines is 1. The molecule has 7 nitrogen and oxygen atoms in total. The topological polar surface area (TPSA) is 91.3 Å². The van der Waals surface area contributed by atoms with E-state index in [0.29, 0.717) is 23.8 Å². The van der Waals surface area contributed by atoms with Gasteiger partial charge in [-0.15, -0.1) is 0 Å². The molecule has 0 unspecified atom stereocenters. The van der Waals surface area contributed by atoms with Crippen LogP contribution in [0.15, 0.2) is 67.0 Å². The van der Waals surface area contributed by atoms with Crippen molar-refractivity contribution in [1.82, 2.24) is 19.9 Å². The summed E-state index contributed by atoms with van der Waals surface area (Å²) in [5.41, 5.74) is 2.52. The number of benzene rings is 2. The summed E-state index contributed by atoms with van der Waals surface area (Å²) in [6.45, 7) is 1.38. The molecular formula is C25H23FN4O3. The van der Waals surface area contributed by atoms with Crippen molar-refractivity contribution in [3.63, 3.8) is 0 Å². The van der Waals surface area contributed by atoms with E-state index in [1.807, 2.05) is 43.3 Å². The number of ether oxygens (including phenoxy) is 1. The summed E-state index contributed by atoms with van der Waals surface area (Å²) in [6.07, 6.45) is 3.24. The molecule has 0 amide bonds. The number of carboxylic acid groups (broad SMARTS) is 1. The first-order valence-electron chi connectivity index (χ1n) is 10.3. The Balaban J connectivity index is 1.74. The maximum Gasteiger partial charge on any atom is 0.335 e. The Morgan fingerprint density at radius 1 is 1.06 bits per heavy atom. The third-order valence-corrected chi connectivity index (χ3v) is 5.08. The van der Waals surface area contributed by atoms with Gasteiger partial charge < -0.3 is 19.7 Å². The Bertz CT molecular complexity index is 1250. The second-order valence-corrected chi connectivity index (χ2v) is 7.72. The fourth-order valence-electron chi connectivity index (χ4n) is 3.33. The van der Waals surface area contributed by atoms with Crippen molar-refractivity contribution in [1.29, 1.82) is 0 Å². The van der Waals surface area contributed by atoms with Crippen molar-refractivity contribution < 1.29 is 19.0 Å². The lowest BCUT2D eigenvalue weighted by atomic mass is 10.0. The van der Waals surface area contributed by atoms with Gasteiger partial charge in [0.15, 0.2) is 0 Å². The molecule has 0 saturated heterocycles. The van der Waals surface area contributed by atoms with Crippen LogP contribution in [0.25, 0.3) is 33.9 Å². The lowest BCUT2D eigenvalue weighted by molar-refractivity contribution is 0.0697. The van der Waals surface area contributed by atoms with Gasteiger partial charge in [0.1, 0.15) is 24.0 Å². The molecule has 0 atom stereocenters. The van der Waals surface area contributed by atoms with Crippen LogP contribution in [0.5, 0.6) is 5.75 Å². The Morgan fingerprint density at radius 3 is 2.45 bits per heavy atom. The highest BCUT2D eigenvalue weighted by molar-refractivity contribution is 5.91. The molecular weight excluding hydrogens is 423 g/mol. The Morgan fingerprint density at radius 2 is 1.79 bits per heavy atom. The molecule has 4 rings (SSSR count). The third kappa shape index (κ3) is 5.07. The van der Waals surface area contributed by atoms with Gasteiger partial charge >= 0.3 is 5.97 Å². The van der Waals surface area contributed by atoms with Crippen LogP contribution in [-0.4, -0.2) is 58.2 Å². The second kappa shape index (κ2) is 9.62. The number of aromatic nitrogens is 3. The normalized spacial score (nSPS) is 11.0. The summed E-state index contributed by atoms with van der Waals surface area (Å²) in [4.78, 5) is 25.4. The Labute approximate surface area is 190 Å². The Kier molecular flexibility index (Phi) is 6.46. The molecule has 168 valence electrons. The van der Waals surface area contributed by atoms with Crippen LogP contribution in [0.1, 0.15) is 10.4 Å². The number of aromatic carboxylic acids is 1. The average Bonchev–Trinajstić information content (AvgIpc) is 3.25. The molecule has 0 aliphatic rings. The number of carboxylic acids is 1. The highest BCUT2D eigenvalue weighted by atomic mass is 19.1. The zero-order chi connectivity index (χ0) is 23.4. The number of rotatable bonds is 8. The van der Waals surface area contributed by atoms with Crippen LogP contribution >= 0.6 is 0 Å². The first kappa shape index (κ1) is 22.2. The van der Waals surface area contributed by atoms with Gasteiger partial charge in [-0.25, -0.2) is 14.2 Å². The van der Waals surface area contributed by atoms with Gasteiger partial charge in [-0.1, -0.05) is 0 Å². The van der Waals surface area contributed by atoms with Crippen molar-refractivity contribution in [3.8, 4) is 39.7 Å². The van der Waals surface area contributed by atoms with E-state index in [1.54, 1.807) is 24.5 Å². The van der Waals surface area contributed by atoms with E-state index < -0.39 is 11.8 Å². The summed E-state index contributed by atoms with van der Waals surface area (Å²) in [6, 6.07) is 14.7. The fraction of sp³-hybridized carbons (Fsp3) is 0.160. The lowest BCUT2D eigenvalue weighted by Gasteiger charge is -2.11. The van der Waals surface area contributed by atoms with Gasteiger partial charge in [0.2, 0.25) is 0 Å². The smallest absolute Gasteiger partial charge is 0.335 e. The average molecular weight is 446 g/mol. The van der Waals surface area contributed by atoms with Crippen LogP contribution in [0.4, 0.5) is 4.39 Å². The molecule has 0 aliphatic heterocycles. The third-order valence-electron chi connectivity index (χ3n) is 5.08. The number of hydrogen-bond donors (Lipinski definition) is 2. The number of carbonyl (C=O) groups is 1. The largest absolute Gasteiger partial charge is 0.492 e. The lowest BCUT2D eigenvalue weighted by Crippen LogP contribution is -2.19. The minimum absolute atomic E-state index is 0.0116. The molecule has 8 heteroatoms. The number of hydrogen-bond acceptors (Lipinski definition) is 5. The van der Waals surface area contributed by atoms with Gasteiger partial charge in [0.25, 0.3) is 0 Å². The maximum atomic E-state index is 14.8. The van der Waals surface area contributed by atoms with Gasteiger partial charge in [-0.05, 0) is 68.7 Å². The predicted octanol–water partition coefficient (Wildman–Crippen LogP) is 4.58.